The third kappa shape index (κ3) is 4.59. The topological polar surface area (TPSA) is 55.4 Å². The first-order valence-electron chi connectivity index (χ1n) is 6.19. The molecule has 1 aromatic carbocycles. The van der Waals surface area contributed by atoms with Crippen molar-refractivity contribution in [1.29, 1.82) is 0 Å². The highest BCUT2D eigenvalue weighted by molar-refractivity contribution is 9.10. The SMILES string of the molecule is COC(=O)C(CC(C)C)NC(=O)c1ccc(F)c(Br)c1. The standard InChI is InChI=1S/C14H17BrFNO3/c1-8(2)6-12(14(19)20-3)17-13(18)9-4-5-11(16)10(15)7-9/h4-5,7-8,12H,6H2,1-3H3,(H,17,18). The molecule has 1 aromatic rings. The summed E-state index contributed by atoms with van der Waals surface area (Å²) in [6, 6.07) is 3.21. The maximum atomic E-state index is 13.1. The lowest BCUT2D eigenvalue weighted by atomic mass is 10.0. The van der Waals surface area contributed by atoms with Crippen LogP contribution in [0.2, 0.25) is 0 Å². The molecular weight excluding hydrogens is 329 g/mol. The van der Waals surface area contributed by atoms with E-state index in [1.165, 1.54) is 25.3 Å². The van der Waals surface area contributed by atoms with Crippen LogP contribution < -0.4 is 5.32 Å². The number of ether oxygens (including phenoxy) is 1. The van der Waals surface area contributed by atoms with E-state index >= 15 is 0 Å². The first kappa shape index (κ1) is 16.6. The number of hydrogen-bond acceptors (Lipinski definition) is 3. The van der Waals surface area contributed by atoms with Gasteiger partial charge >= 0.3 is 5.97 Å². The van der Waals surface area contributed by atoms with E-state index in [4.69, 9.17) is 0 Å². The van der Waals surface area contributed by atoms with Crippen LogP contribution in [0.25, 0.3) is 0 Å². The van der Waals surface area contributed by atoms with Crippen LogP contribution in [0.1, 0.15) is 30.6 Å². The lowest BCUT2D eigenvalue weighted by Crippen LogP contribution is -2.42. The van der Waals surface area contributed by atoms with Crippen molar-refractivity contribution in [2.24, 2.45) is 5.92 Å². The largest absolute Gasteiger partial charge is 0.467 e. The van der Waals surface area contributed by atoms with Gasteiger partial charge in [-0.1, -0.05) is 13.8 Å². The van der Waals surface area contributed by atoms with Gasteiger partial charge in [0.1, 0.15) is 11.9 Å². The van der Waals surface area contributed by atoms with Gasteiger partial charge in [0.25, 0.3) is 5.91 Å². The number of esters is 1. The summed E-state index contributed by atoms with van der Waals surface area (Å²) in [5.41, 5.74) is 0.274. The number of halogens is 2. The molecule has 4 nitrogen and oxygen atoms in total. The molecule has 0 aliphatic rings. The summed E-state index contributed by atoms with van der Waals surface area (Å²) in [5, 5.41) is 2.61. The van der Waals surface area contributed by atoms with Gasteiger partial charge in [-0.15, -0.1) is 0 Å². The molecule has 0 spiro atoms. The summed E-state index contributed by atoms with van der Waals surface area (Å²) in [6.07, 6.45) is 0.473. The fourth-order valence-corrected chi connectivity index (χ4v) is 2.09. The molecule has 0 bridgehead atoms. The van der Waals surface area contributed by atoms with Gasteiger partial charge in [0, 0.05) is 5.56 Å². The number of benzene rings is 1. The lowest BCUT2D eigenvalue weighted by molar-refractivity contribution is -0.143. The molecule has 1 atom stereocenters. The van der Waals surface area contributed by atoms with Crippen LogP contribution in [0.15, 0.2) is 22.7 Å². The first-order valence-corrected chi connectivity index (χ1v) is 6.98. The van der Waals surface area contributed by atoms with Crippen molar-refractivity contribution in [3.8, 4) is 0 Å². The monoisotopic (exact) mass is 345 g/mol. The van der Waals surface area contributed by atoms with Crippen molar-refractivity contribution in [1.82, 2.24) is 5.32 Å². The van der Waals surface area contributed by atoms with Gasteiger partial charge in [-0.2, -0.15) is 0 Å². The number of carbonyl (C=O) groups is 2. The summed E-state index contributed by atoms with van der Waals surface area (Å²) >= 11 is 3.02. The summed E-state index contributed by atoms with van der Waals surface area (Å²) < 4.78 is 18.0. The normalized spacial score (nSPS) is 12.1. The van der Waals surface area contributed by atoms with Gasteiger partial charge in [-0.3, -0.25) is 4.79 Å². The van der Waals surface area contributed by atoms with Gasteiger partial charge < -0.3 is 10.1 Å². The summed E-state index contributed by atoms with van der Waals surface area (Å²) in [4.78, 5) is 23.7. The number of carbonyl (C=O) groups excluding carboxylic acids is 2. The van der Waals surface area contributed by atoms with E-state index in [0.717, 1.165) is 0 Å². The molecule has 1 N–H and O–H groups in total. The second kappa shape index (κ2) is 7.38. The Kier molecular flexibility index (Phi) is 6.13. The lowest BCUT2D eigenvalue weighted by Gasteiger charge is -2.18. The Morgan fingerprint density at radius 2 is 2.05 bits per heavy atom. The van der Waals surface area contributed by atoms with E-state index in [1.807, 2.05) is 13.8 Å². The first-order chi connectivity index (χ1) is 9.35. The van der Waals surface area contributed by atoms with Crippen molar-refractivity contribution in [3.63, 3.8) is 0 Å². The third-order valence-corrected chi connectivity index (χ3v) is 3.29. The number of nitrogens with one attached hydrogen (secondary N) is 1. The number of methoxy groups -OCH3 is 1. The van der Waals surface area contributed by atoms with Gasteiger partial charge in [0.05, 0.1) is 11.6 Å². The van der Waals surface area contributed by atoms with Crippen LogP contribution in [-0.2, 0) is 9.53 Å². The van der Waals surface area contributed by atoms with E-state index in [9.17, 15) is 14.0 Å². The van der Waals surface area contributed by atoms with E-state index in [-0.39, 0.29) is 16.0 Å². The molecule has 0 heterocycles. The Morgan fingerprint density at radius 3 is 2.55 bits per heavy atom. The molecule has 1 amide bonds. The molecule has 0 aliphatic carbocycles. The van der Waals surface area contributed by atoms with Crippen molar-refractivity contribution in [3.05, 3.63) is 34.1 Å². The molecule has 6 heteroatoms. The van der Waals surface area contributed by atoms with Gasteiger partial charge in [-0.25, -0.2) is 9.18 Å². The van der Waals surface area contributed by atoms with Crippen molar-refractivity contribution in [2.45, 2.75) is 26.3 Å². The minimum absolute atomic E-state index is 0.198. The molecule has 20 heavy (non-hydrogen) atoms. The average Bonchev–Trinajstić information content (AvgIpc) is 2.39. The zero-order chi connectivity index (χ0) is 15.3. The predicted molar refractivity (Wildman–Crippen MR) is 76.8 cm³/mol. The Labute approximate surface area is 125 Å². The minimum Gasteiger partial charge on any atom is -0.467 e. The molecule has 0 saturated carbocycles. The van der Waals surface area contributed by atoms with Gasteiger partial charge in [0.2, 0.25) is 0 Å². The molecule has 0 saturated heterocycles. The van der Waals surface area contributed by atoms with E-state index in [2.05, 4.69) is 26.0 Å². The van der Waals surface area contributed by atoms with Crippen molar-refractivity contribution in [2.75, 3.05) is 7.11 Å². The minimum atomic E-state index is -0.712. The van der Waals surface area contributed by atoms with Crippen molar-refractivity contribution < 1.29 is 18.7 Å². The third-order valence-electron chi connectivity index (χ3n) is 2.68. The van der Waals surface area contributed by atoms with Gasteiger partial charge in [-0.05, 0) is 46.5 Å². The van der Waals surface area contributed by atoms with Crippen LogP contribution in [-0.4, -0.2) is 25.0 Å². The molecule has 0 fully saturated rings. The number of hydrogen-bond donors (Lipinski definition) is 1. The number of rotatable bonds is 5. The van der Waals surface area contributed by atoms with Crippen LogP contribution in [0.5, 0.6) is 0 Å². The van der Waals surface area contributed by atoms with E-state index < -0.39 is 23.7 Å². The molecule has 0 radical (unpaired) electrons. The highest BCUT2D eigenvalue weighted by Gasteiger charge is 2.23. The van der Waals surface area contributed by atoms with E-state index in [0.29, 0.717) is 6.42 Å². The Balaban J connectivity index is 2.84. The zero-order valence-electron chi connectivity index (χ0n) is 11.6. The predicted octanol–water partition coefficient (Wildman–Crippen LogP) is 2.91. The number of amides is 1. The smallest absolute Gasteiger partial charge is 0.328 e. The van der Waals surface area contributed by atoms with Crippen LogP contribution in [0.4, 0.5) is 4.39 Å². The second-order valence-electron chi connectivity index (χ2n) is 4.81. The Hall–Kier alpha value is -1.43. The Bertz CT molecular complexity index is 505. The second-order valence-corrected chi connectivity index (χ2v) is 5.66. The summed E-state index contributed by atoms with van der Waals surface area (Å²) in [7, 11) is 1.27. The molecular formula is C14H17BrFNO3. The van der Waals surface area contributed by atoms with E-state index in [1.54, 1.807) is 0 Å². The molecule has 1 unspecified atom stereocenters. The highest BCUT2D eigenvalue weighted by atomic mass is 79.9. The Morgan fingerprint density at radius 1 is 1.40 bits per heavy atom. The molecule has 0 aromatic heterocycles. The zero-order valence-corrected chi connectivity index (χ0v) is 13.2. The molecule has 1 rings (SSSR count). The average molecular weight is 346 g/mol. The summed E-state index contributed by atoms with van der Waals surface area (Å²) in [5.74, 6) is -1.16. The van der Waals surface area contributed by atoms with Crippen molar-refractivity contribution >= 4 is 27.8 Å². The van der Waals surface area contributed by atoms with Crippen LogP contribution in [0, 0.1) is 11.7 Å². The summed E-state index contributed by atoms with van der Waals surface area (Å²) in [6.45, 7) is 3.88. The fourth-order valence-electron chi connectivity index (χ4n) is 1.71. The maximum Gasteiger partial charge on any atom is 0.328 e. The fraction of sp³-hybridized carbons (Fsp3) is 0.429. The van der Waals surface area contributed by atoms with Crippen LogP contribution >= 0.6 is 15.9 Å². The van der Waals surface area contributed by atoms with Crippen LogP contribution in [0.3, 0.4) is 0 Å². The molecule has 0 aliphatic heterocycles. The quantitative estimate of drug-likeness (QED) is 0.834. The molecule has 110 valence electrons. The maximum absolute atomic E-state index is 13.1. The van der Waals surface area contributed by atoms with Gasteiger partial charge in [0.15, 0.2) is 0 Å². The highest BCUT2D eigenvalue weighted by Crippen LogP contribution is 2.17.